The Morgan fingerprint density at radius 1 is 1.33 bits per heavy atom. The van der Waals surface area contributed by atoms with Crippen LogP contribution in [0.2, 0.25) is 0 Å². The standard InChI is InChI=1S/C12H17FO2/c1-2-11(14)4-3-9-15-12-7-5-10(13)6-8-12/h5-8,11,14H,2-4,9H2,1H3. The van der Waals surface area contributed by atoms with Gasteiger partial charge in [-0.15, -0.1) is 0 Å². The number of halogens is 1. The summed E-state index contributed by atoms with van der Waals surface area (Å²) in [5.74, 6) is 0.408. The Hall–Kier alpha value is -1.09. The highest BCUT2D eigenvalue weighted by Gasteiger charge is 2.00. The average Bonchev–Trinajstić information content (AvgIpc) is 2.26. The van der Waals surface area contributed by atoms with Crippen LogP contribution in [0.15, 0.2) is 24.3 Å². The molecule has 1 rings (SSSR count). The van der Waals surface area contributed by atoms with Gasteiger partial charge < -0.3 is 9.84 Å². The number of rotatable bonds is 6. The van der Waals surface area contributed by atoms with Crippen LogP contribution in [0.3, 0.4) is 0 Å². The first-order valence-electron chi connectivity index (χ1n) is 5.28. The first-order chi connectivity index (χ1) is 7.22. The fourth-order valence-corrected chi connectivity index (χ4v) is 1.24. The summed E-state index contributed by atoms with van der Waals surface area (Å²) in [5, 5.41) is 9.29. The normalized spacial score (nSPS) is 12.5. The van der Waals surface area contributed by atoms with Gasteiger partial charge in [0, 0.05) is 0 Å². The van der Waals surface area contributed by atoms with Crippen molar-refractivity contribution >= 4 is 0 Å². The molecule has 3 heteroatoms. The fourth-order valence-electron chi connectivity index (χ4n) is 1.24. The summed E-state index contributed by atoms with van der Waals surface area (Å²) < 4.78 is 17.9. The molecule has 1 unspecified atom stereocenters. The molecule has 84 valence electrons. The van der Waals surface area contributed by atoms with E-state index in [0.29, 0.717) is 12.4 Å². The average molecular weight is 212 g/mol. The molecule has 0 saturated carbocycles. The Morgan fingerprint density at radius 2 is 2.00 bits per heavy atom. The van der Waals surface area contributed by atoms with E-state index >= 15 is 0 Å². The van der Waals surface area contributed by atoms with Crippen LogP contribution >= 0.6 is 0 Å². The van der Waals surface area contributed by atoms with Gasteiger partial charge >= 0.3 is 0 Å². The molecule has 0 aromatic heterocycles. The number of ether oxygens (including phenoxy) is 1. The number of aliphatic hydroxyl groups excluding tert-OH is 1. The largest absolute Gasteiger partial charge is 0.494 e. The predicted octanol–water partition coefficient (Wildman–Crippen LogP) is 2.76. The summed E-state index contributed by atoms with van der Waals surface area (Å²) in [6.45, 7) is 2.51. The van der Waals surface area contributed by atoms with Gasteiger partial charge in [0.1, 0.15) is 11.6 Å². The van der Waals surface area contributed by atoms with E-state index in [1.165, 1.54) is 12.1 Å². The Bertz CT molecular complexity index is 271. The molecule has 1 N–H and O–H groups in total. The maximum absolute atomic E-state index is 12.5. The summed E-state index contributed by atoms with van der Waals surface area (Å²) >= 11 is 0. The Balaban J connectivity index is 2.17. The molecule has 0 bridgehead atoms. The van der Waals surface area contributed by atoms with Crippen LogP contribution in [0.25, 0.3) is 0 Å². The van der Waals surface area contributed by atoms with Crippen LogP contribution < -0.4 is 4.74 Å². The quantitative estimate of drug-likeness (QED) is 0.735. The minimum absolute atomic E-state index is 0.234. The molecule has 1 atom stereocenters. The summed E-state index contributed by atoms with van der Waals surface area (Å²) in [5.41, 5.74) is 0. The van der Waals surface area contributed by atoms with Gasteiger partial charge in [0.2, 0.25) is 0 Å². The van der Waals surface area contributed by atoms with Crippen molar-refractivity contribution in [2.45, 2.75) is 32.3 Å². The SMILES string of the molecule is CCC(O)CCCOc1ccc(F)cc1. The minimum atomic E-state index is -0.260. The molecule has 0 heterocycles. The first kappa shape index (κ1) is 12.0. The van der Waals surface area contributed by atoms with Crippen LogP contribution in [-0.4, -0.2) is 17.8 Å². The zero-order chi connectivity index (χ0) is 11.1. The van der Waals surface area contributed by atoms with Crippen molar-refractivity contribution in [1.82, 2.24) is 0 Å². The molecule has 0 aliphatic heterocycles. The summed E-state index contributed by atoms with van der Waals surface area (Å²) in [6.07, 6.45) is 2.10. The fraction of sp³-hybridized carbons (Fsp3) is 0.500. The zero-order valence-electron chi connectivity index (χ0n) is 8.95. The summed E-state index contributed by atoms with van der Waals surface area (Å²) in [7, 11) is 0. The van der Waals surface area contributed by atoms with E-state index in [4.69, 9.17) is 4.74 Å². The van der Waals surface area contributed by atoms with Gasteiger partial charge in [-0.2, -0.15) is 0 Å². The monoisotopic (exact) mass is 212 g/mol. The second kappa shape index (κ2) is 6.40. The van der Waals surface area contributed by atoms with E-state index in [1.54, 1.807) is 12.1 Å². The van der Waals surface area contributed by atoms with Crippen molar-refractivity contribution in [3.05, 3.63) is 30.1 Å². The molecule has 0 aliphatic carbocycles. The van der Waals surface area contributed by atoms with Crippen molar-refractivity contribution in [2.75, 3.05) is 6.61 Å². The number of benzene rings is 1. The highest BCUT2D eigenvalue weighted by molar-refractivity contribution is 5.21. The minimum Gasteiger partial charge on any atom is -0.494 e. The van der Waals surface area contributed by atoms with Gasteiger partial charge in [0.15, 0.2) is 0 Å². The molecular formula is C12H17FO2. The Morgan fingerprint density at radius 3 is 2.60 bits per heavy atom. The Labute approximate surface area is 89.7 Å². The molecular weight excluding hydrogens is 195 g/mol. The van der Waals surface area contributed by atoms with Crippen molar-refractivity contribution in [3.63, 3.8) is 0 Å². The van der Waals surface area contributed by atoms with Gasteiger partial charge in [-0.05, 0) is 43.5 Å². The van der Waals surface area contributed by atoms with E-state index in [0.717, 1.165) is 19.3 Å². The summed E-state index contributed by atoms with van der Waals surface area (Å²) in [6, 6.07) is 5.95. The number of aliphatic hydroxyl groups is 1. The van der Waals surface area contributed by atoms with E-state index in [1.807, 2.05) is 6.92 Å². The van der Waals surface area contributed by atoms with Crippen molar-refractivity contribution in [2.24, 2.45) is 0 Å². The van der Waals surface area contributed by atoms with Gasteiger partial charge in [0.05, 0.1) is 12.7 Å². The van der Waals surface area contributed by atoms with Crippen molar-refractivity contribution in [3.8, 4) is 5.75 Å². The van der Waals surface area contributed by atoms with E-state index in [9.17, 15) is 9.50 Å². The molecule has 0 amide bonds. The third kappa shape index (κ3) is 4.79. The van der Waals surface area contributed by atoms with Crippen molar-refractivity contribution in [1.29, 1.82) is 0 Å². The molecule has 15 heavy (non-hydrogen) atoms. The second-order valence-corrected chi connectivity index (χ2v) is 3.51. The van der Waals surface area contributed by atoms with Gasteiger partial charge in [-0.3, -0.25) is 0 Å². The predicted molar refractivity (Wildman–Crippen MR) is 57.4 cm³/mol. The molecule has 1 aromatic carbocycles. The van der Waals surface area contributed by atoms with E-state index in [2.05, 4.69) is 0 Å². The zero-order valence-corrected chi connectivity index (χ0v) is 8.95. The number of hydrogen-bond donors (Lipinski definition) is 1. The van der Waals surface area contributed by atoms with Gasteiger partial charge in [0.25, 0.3) is 0 Å². The number of hydrogen-bond acceptors (Lipinski definition) is 2. The van der Waals surface area contributed by atoms with Crippen LogP contribution in [0.4, 0.5) is 4.39 Å². The molecule has 0 radical (unpaired) electrons. The van der Waals surface area contributed by atoms with E-state index in [-0.39, 0.29) is 11.9 Å². The van der Waals surface area contributed by atoms with Crippen LogP contribution in [0, 0.1) is 5.82 Å². The smallest absolute Gasteiger partial charge is 0.123 e. The lowest BCUT2D eigenvalue weighted by molar-refractivity contribution is 0.149. The molecule has 0 spiro atoms. The topological polar surface area (TPSA) is 29.5 Å². The lowest BCUT2D eigenvalue weighted by Gasteiger charge is -2.08. The molecule has 1 aromatic rings. The maximum atomic E-state index is 12.5. The van der Waals surface area contributed by atoms with Crippen LogP contribution in [-0.2, 0) is 0 Å². The molecule has 0 saturated heterocycles. The van der Waals surface area contributed by atoms with Crippen molar-refractivity contribution < 1.29 is 14.2 Å². The lowest BCUT2D eigenvalue weighted by atomic mass is 10.1. The maximum Gasteiger partial charge on any atom is 0.123 e. The highest BCUT2D eigenvalue weighted by Crippen LogP contribution is 2.11. The molecule has 0 fully saturated rings. The molecule has 0 aliphatic rings. The van der Waals surface area contributed by atoms with Crippen LogP contribution in [0.5, 0.6) is 5.75 Å². The van der Waals surface area contributed by atoms with Gasteiger partial charge in [-0.1, -0.05) is 6.92 Å². The summed E-state index contributed by atoms with van der Waals surface area (Å²) in [4.78, 5) is 0. The second-order valence-electron chi connectivity index (χ2n) is 3.51. The lowest BCUT2D eigenvalue weighted by Crippen LogP contribution is -2.07. The first-order valence-corrected chi connectivity index (χ1v) is 5.28. The third-order valence-corrected chi connectivity index (χ3v) is 2.24. The highest BCUT2D eigenvalue weighted by atomic mass is 19.1. The van der Waals surface area contributed by atoms with E-state index < -0.39 is 0 Å². The third-order valence-electron chi connectivity index (χ3n) is 2.24. The molecule has 2 nitrogen and oxygen atoms in total. The Kier molecular flexibility index (Phi) is 5.12. The van der Waals surface area contributed by atoms with Gasteiger partial charge in [-0.25, -0.2) is 4.39 Å². The van der Waals surface area contributed by atoms with Crippen LogP contribution in [0.1, 0.15) is 26.2 Å².